The Bertz CT molecular complexity index is 1030. The maximum absolute atomic E-state index is 12.4. The summed E-state index contributed by atoms with van der Waals surface area (Å²) in [4.78, 5) is 31.9. The average Bonchev–Trinajstić information content (AvgIpc) is 2.71. The van der Waals surface area contributed by atoms with Crippen LogP contribution in [0.25, 0.3) is 0 Å². The third-order valence-electron chi connectivity index (χ3n) is 4.65. The first-order valence-corrected chi connectivity index (χ1v) is 9.36. The number of carbonyl (C=O) groups excluding carboxylic acids is 1. The number of aromatic hydroxyl groups is 1. The van der Waals surface area contributed by atoms with Gasteiger partial charge in [0, 0.05) is 12.1 Å². The summed E-state index contributed by atoms with van der Waals surface area (Å²) in [6.07, 6.45) is 0.907. The fraction of sp³-hybridized carbons (Fsp3) is 0.227. The largest absolute Gasteiger partial charge is 0.508 e. The number of aromatic nitrogens is 2. The predicted molar refractivity (Wildman–Crippen MR) is 110 cm³/mol. The molecule has 0 aliphatic heterocycles. The van der Waals surface area contributed by atoms with Crippen LogP contribution in [0.4, 0.5) is 0 Å². The highest BCUT2D eigenvalue weighted by atomic mass is 16.3. The Balaban J connectivity index is 1.61. The van der Waals surface area contributed by atoms with Crippen molar-refractivity contribution < 1.29 is 9.90 Å². The Morgan fingerprint density at radius 2 is 1.83 bits per heavy atom. The Labute approximate surface area is 168 Å². The van der Waals surface area contributed by atoms with Gasteiger partial charge < -0.3 is 21.1 Å². The molecular formula is C22H24N4O3. The first-order valence-electron chi connectivity index (χ1n) is 9.36. The van der Waals surface area contributed by atoms with Crippen molar-refractivity contribution in [2.45, 2.75) is 32.4 Å². The van der Waals surface area contributed by atoms with Crippen molar-refractivity contribution in [2.24, 2.45) is 5.73 Å². The van der Waals surface area contributed by atoms with Gasteiger partial charge in [0.2, 0.25) is 5.91 Å². The predicted octanol–water partition coefficient (Wildman–Crippen LogP) is 1.56. The summed E-state index contributed by atoms with van der Waals surface area (Å²) >= 11 is 0. The Morgan fingerprint density at radius 1 is 1.14 bits per heavy atom. The summed E-state index contributed by atoms with van der Waals surface area (Å²) in [7, 11) is 0. The molecule has 0 saturated heterocycles. The summed E-state index contributed by atoms with van der Waals surface area (Å²) in [5, 5.41) is 12.0. The van der Waals surface area contributed by atoms with Crippen LogP contribution in [0.1, 0.15) is 28.2 Å². The lowest BCUT2D eigenvalue weighted by Gasteiger charge is -2.13. The molecule has 3 aromatic rings. The van der Waals surface area contributed by atoms with Crippen LogP contribution < -0.4 is 16.6 Å². The number of nitrogens with one attached hydrogen (secondary N) is 2. The average molecular weight is 392 g/mol. The number of phenols is 1. The molecule has 7 heteroatoms. The summed E-state index contributed by atoms with van der Waals surface area (Å²) < 4.78 is 0. The zero-order chi connectivity index (χ0) is 20.8. The lowest BCUT2D eigenvalue weighted by molar-refractivity contribution is -0.122. The van der Waals surface area contributed by atoms with Gasteiger partial charge in [0.1, 0.15) is 11.4 Å². The standard InChI is InChI=1S/C22H24N4O3/c1-14-19(12-15-5-3-2-4-6-15)26-22(29)20(25-14)13-24-21(28)18(23)11-16-7-9-17(27)10-8-16/h2-10,18,27H,11-13,23H2,1H3,(H,24,28)(H,26,29)/t18-/m1/s1. The van der Waals surface area contributed by atoms with E-state index in [1.165, 1.54) is 0 Å². The lowest BCUT2D eigenvalue weighted by Crippen LogP contribution is -2.42. The van der Waals surface area contributed by atoms with Gasteiger partial charge in [-0.25, -0.2) is 4.98 Å². The minimum Gasteiger partial charge on any atom is -0.508 e. The molecule has 1 atom stereocenters. The molecule has 29 heavy (non-hydrogen) atoms. The third-order valence-corrected chi connectivity index (χ3v) is 4.65. The van der Waals surface area contributed by atoms with Crippen LogP contribution >= 0.6 is 0 Å². The van der Waals surface area contributed by atoms with Gasteiger partial charge in [0.05, 0.1) is 18.3 Å². The molecule has 0 bridgehead atoms. The minimum absolute atomic E-state index is 0.00387. The highest BCUT2D eigenvalue weighted by molar-refractivity contribution is 5.81. The van der Waals surface area contributed by atoms with Gasteiger partial charge in [-0.2, -0.15) is 0 Å². The lowest BCUT2D eigenvalue weighted by atomic mass is 10.1. The number of nitrogens with two attached hydrogens (primary N) is 1. The van der Waals surface area contributed by atoms with Crippen molar-refractivity contribution in [3.05, 3.63) is 93.2 Å². The molecule has 0 aliphatic carbocycles. The van der Waals surface area contributed by atoms with Gasteiger partial charge in [0.15, 0.2) is 0 Å². The fourth-order valence-corrected chi connectivity index (χ4v) is 2.99. The summed E-state index contributed by atoms with van der Waals surface area (Å²) in [5.41, 5.74) is 9.24. The van der Waals surface area contributed by atoms with Crippen LogP contribution in [0.5, 0.6) is 5.75 Å². The van der Waals surface area contributed by atoms with Crippen LogP contribution in [-0.4, -0.2) is 27.0 Å². The molecule has 5 N–H and O–H groups in total. The molecule has 1 amide bonds. The number of phenolic OH excluding ortho intramolecular Hbond substituents is 1. The van der Waals surface area contributed by atoms with E-state index in [0.717, 1.165) is 16.8 Å². The smallest absolute Gasteiger partial charge is 0.271 e. The van der Waals surface area contributed by atoms with Crippen LogP contribution in [-0.2, 0) is 24.2 Å². The normalized spacial score (nSPS) is 11.8. The Morgan fingerprint density at radius 3 is 2.52 bits per heavy atom. The van der Waals surface area contributed by atoms with E-state index in [4.69, 9.17) is 5.73 Å². The Kier molecular flexibility index (Phi) is 6.41. The van der Waals surface area contributed by atoms with E-state index in [-0.39, 0.29) is 29.5 Å². The molecule has 2 aromatic carbocycles. The van der Waals surface area contributed by atoms with E-state index in [1.807, 2.05) is 37.3 Å². The van der Waals surface area contributed by atoms with E-state index in [1.54, 1.807) is 24.3 Å². The first-order chi connectivity index (χ1) is 13.9. The zero-order valence-corrected chi connectivity index (χ0v) is 16.2. The van der Waals surface area contributed by atoms with E-state index in [2.05, 4.69) is 15.3 Å². The molecule has 0 unspecified atom stereocenters. The Hall–Kier alpha value is -3.45. The van der Waals surface area contributed by atoms with Crippen LogP contribution in [0.2, 0.25) is 0 Å². The zero-order valence-electron chi connectivity index (χ0n) is 16.2. The number of hydrogen-bond donors (Lipinski definition) is 4. The molecule has 1 aromatic heterocycles. The first kappa shape index (κ1) is 20.3. The van der Waals surface area contributed by atoms with E-state index < -0.39 is 6.04 Å². The molecular weight excluding hydrogens is 368 g/mol. The number of hydrogen-bond acceptors (Lipinski definition) is 5. The molecule has 0 fully saturated rings. The molecule has 0 aliphatic rings. The quantitative estimate of drug-likeness (QED) is 0.486. The second kappa shape index (κ2) is 9.16. The van der Waals surface area contributed by atoms with E-state index in [0.29, 0.717) is 18.5 Å². The van der Waals surface area contributed by atoms with Crippen molar-refractivity contribution in [1.82, 2.24) is 15.3 Å². The second-order valence-corrected chi connectivity index (χ2v) is 6.93. The fourth-order valence-electron chi connectivity index (χ4n) is 2.99. The van der Waals surface area contributed by atoms with Gasteiger partial charge in [-0.15, -0.1) is 0 Å². The number of nitrogens with zero attached hydrogens (tertiary/aromatic N) is 1. The van der Waals surface area contributed by atoms with Crippen molar-refractivity contribution in [3.63, 3.8) is 0 Å². The SMILES string of the molecule is Cc1nc(CNC(=O)[C@H](N)Cc2ccc(O)cc2)c(=O)[nH]c1Cc1ccccc1. The molecule has 0 saturated carbocycles. The van der Waals surface area contributed by atoms with Gasteiger partial charge >= 0.3 is 0 Å². The minimum atomic E-state index is -0.767. The third kappa shape index (κ3) is 5.52. The number of carbonyl (C=O) groups is 1. The number of aromatic amines is 1. The highest BCUT2D eigenvalue weighted by Gasteiger charge is 2.15. The molecule has 7 nitrogen and oxygen atoms in total. The summed E-state index contributed by atoms with van der Waals surface area (Å²) in [5.74, 6) is -0.214. The van der Waals surface area contributed by atoms with Gasteiger partial charge in [-0.05, 0) is 36.6 Å². The number of amides is 1. The monoisotopic (exact) mass is 392 g/mol. The number of benzene rings is 2. The summed E-state index contributed by atoms with van der Waals surface area (Å²) in [6.45, 7) is 1.83. The van der Waals surface area contributed by atoms with Crippen LogP contribution in [0.3, 0.4) is 0 Å². The maximum Gasteiger partial charge on any atom is 0.271 e. The van der Waals surface area contributed by atoms with E-state index >= 15 is 0 Å². The number of H-pyrrole nitrogens is 1. The molecule has 0 spiro atoms. The van der Waals surface area contributed by atoms with Crippen LogP contribution in [0, 0.1) is 6.92 Å². The topological polar surface area (TPSA) is 121 Å². The number of rotatable bonds is 7. The van der Waals surface area contributed by atoms with Crippen molar-refractivity contribution in [1.29, 1.82) is 0 Å². The number of aryl methyl sites for hydroxylation is 1. The van der Waals surface area contributed by atoms with Crippen molar-refractivity contribution >= 4 is 5.91 Å². The molecule has 0 radical (unpaired) electrons. The maximum atomic E-state index is 12.4. The molecule has 1 heterocycles. The summed E-state index contributed by atoms with van der Waals surface area (Å²) in [6, 6.07) is 15.6. The van der Waals surface area contributed by atoms with Crippen molar-refractivity contribution in [3.8, 4) is 5.75 Å². The van der Waals surface area contributed by atoms with E-state index in [9.17, 15) is 14.7 Å². The highest BCUT2D eigenvalue weighted by Crippen LogP contribution is 2.11. The molecule has 150 valence electrons. The van der Waals surface area contributed by atoms with Gasteiger partial charge in [-0.3, -0.25) is 9.59 Å². The second-order valence-electron chi connectivity index (χ2n) is 6.93. The molecule has 3 rings (SSSR count). The van der Waals surface area contributed by atoms with Gasteiger partial charge in [0.25, 0.3) is 5.56 Å². The van der Waals surface area contributed by atoms with Gasteiger partial charge in [-0.1, -0.05) is 42.5 Å². The van der Waals surface area contributed by atoms with Crippen LogP contribution in [0.15, 0.2) is 59.4 Å². The van der Waals surface area contributed by atoms with Crippen molar-refractivity contribution in [2.75, 3.05) is 0 Å².